The number of para-hydroxylation sites is 1. The van der Waals surface area contributed by atoms with Crippen LogP contribution in [-0.4, -0.2) is 11.5 Å². The van der Waals surface area contributed by atoms with Gasteiger partial charge in [0.05, 0.1) is 6.61 Å². The summed E-state index contributed by atoms with van der Waals surface area (Å²) in [5.41, 5.74) is 0. The van der Waals surface area contributed by atoms with Gasteiger partial charge in [0, 0.05) is 0 Å². The molecule has 72 valence electrons. The van der Waals surface area contributed by atoms with E-state index in [1.807, 2.05) is 0 Å². The summed E-state index contributed by atoms with van der Waals surface area (Å²) in [6, 6.07) is 8.38. The molecule has 13 heavy (non-hydrogen) atoms. The maximum Gasteiger partial charge on any atom is 0.527 e. The van der Waals surface area contributed by atoms with Crippen LogP contribution in [0.5, 0.6) is 5.75 Å². The Morgan fingerprint density at radius 2 is 2.00 bits per heavy atom. The molecule has 0 aliphatic heterocycles. The third-order valence-corrected chi connectivity index (χ3v) is 2.28. The van der Waals surface area contributed by atoms with Gasteiger partial charge in [-0.3, -0.25) is 9.42 Å². The Kier molecular flexibility index (Phi) is 3.48. The molecule has 1 aromatic rings. The van der Waals surface area contributed by atoms with E-state index in [9.17, 15) is 4.57 Å². The molecule has 0 aliphatic rings. The monoisotopic (exact) mass is 202 g/mol. The summed E-state index contributed by atoms with van der Waals surface area (Å²) >= 11 is 0. The first-order valence-electron chi connectivity index (χ1n) is 3.86. The van der Waals surface area contributed by atoms with E-state index in [2.05, 4.69) is 4.52 Å². The highest BCUT2D eigenvalue weighted by Gasteiger charge is 2.21. The number of hydrogen-bond donors (Lipinski definition) is 1. The molecule has 0 aromatic heterocycles. The van der Waals surface area contributed by atoms with E-state index in [-0.39, 0.29) is 6.61 Å². The van der Waals surface area contributed by atoms with Crippen molar-refractivity contribution in [3.05, 3.63) is 30.3 Å². The lowest BCUT2D eigenvalue weighted by Crippen LogP contribution is -1.96. The van der Waals surface area contributed by atoms with E-state index < -0.39 is 7.82 Å². The lowest BCUT2D eigenvalue weighted by atomic mass is 10.3. The zero-order chi connectivity index (χ0) is 9.73. The summed E-state index contributed by atoms with van der Waals surface area (Å²) in [6.45, 7) is 1.76. The zero-order valence-electron chi connectivity index (χ0n) is 7.21. The Hall–Kier alpha value is -0.830. The second-order valence-electron chi connectivity index (χ2n) is 2.29. The van der Waals surface area contributed by atoms with Crippen LogP contribution in [0.25, 0.3) is 0 Å². The molecule has 0 bridgehead atoms. The number of hydrogen-bond acceptors (Lipinski definition) is 3. The third kappa shape index (κ3) is 3.59. The molecule has 1 rings (SSSR count). The van der Waals surface area contributed by atoms with Crippen LogP contribution in [0, 0.1) is 0 Å². The van der Waals surface area contributed by atoms with Crippen LogP contribution < -0.4 is 4.52 Å². The maximum atomic E-state index is 11.1. The van der Waals surface area contributed by atoms with Crippen molar-refractivity contribution in [3.8, 4) is 5.75 Å². The number of phosphoric ester groups is 1. The Balaban J connectivity index is 2.64. The van der Waals surface area contributed by atoms with Crippen LogP contribution in [0.4, 0.5) is 0 Å². The number of benzene rings is 1. The minimum Gasteiger partial charge on any atom is -0.404 e. The zero-order valence-corrected chi connectivity index (χ0v) is 8.11. The highest BCUT2D eigenvalue weighted by Crippen LogP contribution is 2.43. The third-order valence-electron chi connectivity index (χ3n) is 1.26. The van der Waals surface area contributed by atoms with Crippen LogP contribution in [0.1, 0.15) is 6.92 Å². The Labute approximate surface area is 76.7 Å². The summed E-state index contributed by atoms with van der Waals surface area (Å²) in [7, 11) is -3.91. The molecule has 0 aliphatic carbocycles. The molecule has 1 unspecified atom stereocenters. The van der Waals surface area contributed by atoms with Gasteiger partial charge in [0.15, 0.2) is 0 Å². The van der Waals surface area contributed by atoms with Gasteiger partial charge in [0.1, 0.15) is 5.75 Å². The molecular formula is C8H11O4P. The van der Waals surface area contributed by atoms with E-state index in [0.717, 1.165) is 0 Å². The molecule has 0 spiro atoms. The quantitative estimate of drug-likeness (QED) is 0.760. The lowest BCUT2D eigenvalue weighted by molar-refractivity contribution is 0.213. The highest BCUT2D eigenvalue weighted by molar-refractivity contribution is 7.47. The summed E-state index contributed by atoms with van der Waals surface area (Å²) in [6.07, 6.45) is 0. The van der Waals surface area contributed by atoms with Crippen molar-refractivity contribution in [1.82, 2.24) is 0 Å². The lowest BCUT2D eigenvalue weighted by Gasteiger charge is -2.11. The first-order valence-corrected chi connectivity index (χ1v) is 5.35. The first kappa shape index (κ1) is 10.3. The van der Waals surface area contributed by atoms with Crippen molar-refractivity contribution in [2.75, 3.05) is 6.61 Å². The topological polar surface area (TPSA) is 55.8 Å². The molecule has 0 heterocycles. The van der Waals surface area contributed by atoms with Gasteiger partial charge in [0.25, 0.3) is 0 Å². The van der Waals surface area contributed by atoms with Crippen molar-refractivity contribution in [2.24, 2.45) is 0 Å². The predicted octanol–water partition coefficient (Wildman–Crippen LogP) is 2.20. The van der Waals surface area contributed by atoms with Gasteiger partial charge in [-0.2, -0.15) is 0 Å². The number of rotatable bonds is 4. The highest BCUT2D eigenvalue weighted by atomic mass is 31.2. The SMILES string of the molecule is CCOP(=O)(O)Oc1ccccc1. The fourth-order valence-electron chi connectivity index (χ4n) is 0.804. The summed E-state index contributed by atoms with van der Waals surface area (Å²) in [4.78, 5) is 9.08. The van der Waals surface area contributed by atoms with Gasteiger partial charge in [-0.05, 0) is 19.1 Å². The van der Waals surface area contributed by atoms with Crippen molar-refractivity contribution in [1.29, 1.82) is 0 Å². The molecule has 0 saturated carbocycles. The van der Waals surface area contributed by atoms with Crippen LogP contribution in [0.2, 0.25) is 0 Å². The number of phosphoric acid groups is 1. The van der Waals surface area contributed by atoms with Crippen molar-refractivity contribution < 1.29 is 18.5 Å². The van der Waals surface area contributed by atoms with Crippen molar-refractivity contribution in [2.45, 2.75) is 6.92 Å². The molecule has 0 saturated heterocycles. The average molecular weight is 202 g/mol. The van der Waals surface area contributed by atoms with Crippen molar-refractivity contribution >= 4 is 7.82 Å². The Morgan fingerprint density at radius 3 is 2.54 bits per heavy atom. The van der Waals surface area contributed by atoms with Gasteiger partial charge in [-0.1, -0.05) is 18.2 Å². The largest absolute Gasteiger partial charge is 0.527 e. The first-order chi connectivity index (χ1) is 6.14. The van der Waals surface area contributed by atoms with Gasteiger partial charge in [0.2, 0.25) is 0 Å². The molecule has 0 fully saturated rings. The molecule has 1 N–H and O–H groups in total. The molecule has 0 amide bonds. The Bertz CT molecular complexity index is 298. The summed E-state index contributed by atoms with van der Waals surface area (Å²) in [5.74, 6) is 0.321. The molecule has 0 radical (unpaired) electrons. The standard InChI is InChI=1S/C8H11O4P/c1-2-11-13(9,10)12-8-6-4-3-5-7-8/h3-7H,2H2,1H3,(H,9,10). The van der Waals surface area contributed by atoms with E-state index in [0.29, 0.717) is 5.75 Å². The van der Waals surface area contributed by atoms with E-state index in [1.54, 1.807) is 37.3 Å². The van der Waals surface area contributed by atoms with E-state index >= 15 is 0 Å². The molecule has 5 heteroatoms. The minimum atomic E-state index is -3.91. The molecule has 4 nitrogen and oxygen atoms in total. The van der Waals surface area contributed by atoms with Gasteiger partial charge in [-0.25, -0.2) is 4.57 Å². The predicted molar refractivity (Wildman–Crippen MR) is 48.5 cm³/mol. The van der Waals surface area contributed by atoms with Gasteiger partial charge < -0.3 is 4.52 Å². The van der Waals surface area contributed by atoms with Crippen LogP contribution in [0.3, 0.4) is 0 Å². The maximum absolute atomic E-state index is 11.1. The molecule has 1 atom stereocenters. The normalized spacial score (nSPS) is 14.9. The second-order valence-corrected chi connectivity index (χ2v) is 3.67. The van der Waals surface area contributed by atoms with Crippen molar-refractivity contribution in [3.63, 3.8) is 0 Å². The van der Waals surface area contributed by atoms with E-state index in [4.69, 9.17) is 9.42 Å². The van der Waals surface area contributed by atoms with Crippen LogP contribution in [0.15, 0.2) is 30.3 Å². The fourth-order valence-corrected chi connectivity index (χ4v) is 1.57. The van der Waals surface area contributed by atoms with Crippen LogP contribution >= 0.6 is 7.82 Å². The smallest absolute Gasteiger partial charge is 0.404 e. The minimum absolute atomic E-state index is 0.139. The second kappa shape index (κ2) is 4.42. The van der Waals surface area contributed by atoms with Gasteiger partial charge >= 0.3 is 7.82 Å². The molecule has 1 aromatic carbocycles. The molecular weight excluding hydrogens is 191 g/mol. The fraction of sp³-hybridized carbons (Fsp3) is 0.250. The van der Waals surface area contributed by atoms with E-state index in [1.165, 1.54) is 0 Å². The van der Waals surface area contributed by atoms with Crippen LogP contribution in [-0.2, 0) is 9.09 Å². The summed E-state index contributed by atoms with van der Waals surface area (Å²) < 4.78 is 20.3. The summed E-state index contributed by atoms with van der Waals surface area (Å²) in [5, 5.41) is 0. The average Bonchev–Trinajstić information content (AvgIpc) is 2.04. The van der Waals surface area contributed by atoms with Gasteiger partial charge in [-0.15, -0.1) is 0 Å². The Morgan fingerprint density at radius 1 is 1.38 bits per heavy atom.